The average Bonchev–Trinajstić information content (AvgIpc) is 2.41. The van der Waals surface area contributed by atoms with E-state index in [1.165, 1.54) is 5.56 Å². The fourth-order valence-electron chi connectivity index (χ4n) is 1.98. The number of aromatic carboxylic acids is 1. The summed E-state index contributed by atoms with van der Waals surface area (Å²) in [4.78, 5) is 11.2. The number of aryl methyl sites for hydroxylation is 1. The van der Waals surface area contributed by atoms with Crippen LogP contribution in [-0.2, 0) is 6.42 Å². The van der Waals surface area contributed by atoms with Crippen LogP contribution in [0.4, 0.5) is 0 Å². The summed E-state index contributed by atoms with van der Waals surface area (Å²) in [5.41, 5.74) is 3.35. The molecule has 3 nitrogen and oxygen atoms in total. The molecule has 0 heterocycles. The van der Waals surface area contributed by atoms with Crippen LogP contribution in [0.1, 0.15) is 27.0 Å². The molecule has 19 heavy (non-hydrogen) atoms. The van der Waals surface area contributed by atoms with Gasteiger partial charge in [-0.15, -0.1) is 0 Å². The first-order valence-corrected chi connectivity index (χ1v) is 6.06. The molecular formula is C16H16O3. The van der Waals surface area contributed by atoms with E-state index in [0.29, 0.717) is 17.7 Å². The molecule has 0 unspecified atom stereocenters. The van der Waals surface area contributed by atoms with Crippen LogP contribution >= 0.6 is 0 Å². The molecule has 0 bridgehead atoms. The second-order valence-electron chi connectivity index (χ2n) is 4.49. The molecule has 2 rings (SSSR count). The van der Waals surface area contributed by atoms with E-state index in [4.69, 9.17) is 4.74 Å². The van der Waals surface area contributed by atoms with Gasteiger partial charge in [-0.2, -0.15) is 0 Å². The Morgan fingerprint density at radius 1 is 1.16 bits per heavy atom. The highest BCUT2D eigenvalue weighted by Crippen LogP contribution is 2.21. The van der Waals surface area contributed by atoms with Gasteiger partial charge in [-0.1, -0.05) is 29.8 Å². The number of carbonyl (C=O) groups is 1. The van der Waals surface area contributed by atoms with Gasteiger partial charge in [0.05, 0.1) is 12.7 Å². The van der Waals surface area contributed by atoms with Gasteiger partial charge in [0.25, 0.3) is 0 Å². The second-order valence-corrected chi connectivity index (χ2v) is 4.49. The SMILES string of the molecule is COc1ccc(C(=O)O)c(Cc2ccc(C)cc2)c1. The number of hydrogen-bond acceptors (Lipinski definition) is 2. The lowest BCUT2D eigenvalue weighted by atomic mass is 9.99. The van der Waals surface area contributed by atoms with Gasteiger partial charge >= 0.3 is 5.97 Å². The summed E-state index contributed by atoms with van der Waals surface area (Å²) in [6.07, 6.45) is 0.582. The normalized spacial score (nSPS) is 10.2. The molecule has 0 radical (unpaired) electrons. The van der Waals surface area contributed by atoms with Gasteiger partial charge in [0.1, 0.15) is 5.75 Å². The van der Waals surface area contributed by atoms with Gasteiger partial charge in [0.15, 0.2) is 0 Å². The highest BCUT2D eigenvalue weighted by molar-refractivity contribution is 5.89. The van der Waals surface area contributed by atoms with Gasteiger partial charge in [-0.3, -0.25) is 0 Å². The van der Waals surface area contributed by atoms with Crippen molar-refractivity contribution >= 4 is 5.97 Å². The van der Waals surface area contributed by atoms with E-state index in [1.807, 2.05) is 31.2 Å². The number of rotatable bonds is 4. The molecule has 2 aromatic carbocycles. The molecule has 0 aliphatic rings. The van der Waals surface area contributed by atoms with Crippen molar-refractivity contribution in [3.05, 3.63) is 64.7 Å². The van der Waals surface area contributed by atoms with Crippen LogP contribution in [0.3, 0.4) is 0 Å². The molecule has 3 heteroatoms. The Morgan fingerprint density at radius 2 is 1.84 bits per heavy atom. The topological polar surface area (TPSA) is 46.5 Å². The minimum absolute atomic E-state index is 0.321. The maximum absolute atomic E-state index is 11.2. The summed E-state index contributed by atoms with van der Waals surface area (Å²) in [5.74, 6) is -0.239. The van der Waals surface area contributed by atoms with Crippen molar-refractivity contribution in [3.63, 3.8) is 0 Å². The molecule has 0 saturated carbocycles. The number of carboxylic acids is 1. The molecule has 0 fully saturated rings. The second kappa shape index (κ2) is 5.57. The summed E-state index contributed by atoms with van der Waals surface area (Å²) < 4.78 is 5.15. The first-order valence-electron chi connectivity index (χ1n) is 6.06. The third-order valence-electron chi connectivity index (χ3n) is 3.06. The monoisotopic (exact) mass is 256 g/mol. The highest BCUT2D eigenvalue weighted by atomic mass is 16.5. The summed E-state index contributed by atoms with van der Waals surface area (Å²) in [6.45, 7) is 2.03. The lowest BCUT2D eigenvalue weighted by Gasteiger charge is -2.09. The smallest absolute Gasteiger partial charge is 0.335 e. The lowest BCUT2D eigenvalue weighted by Crippen LogP contribution is -2.03. The Balaban J connectivity index is 2.36. The first kappa shape index (κ1) is 13.1. The van der Waals surface area contributed by atoms with Crippen molar-refractivity contribution in [3.8, 4) is 5.75 Å². The number of carboxylic acid groups (broad SMARTS) is 1. The van der Waals surface area contributed by atoms with Gasteiger partial charge in [0, 0.05) is 0 Å². The van der Waals surface area contributed by atoms with Gasteiger partial charge < -0.3 is 9.84 Å². The molecule has 0 aliphatic carbocycles. The molecule has 0 atom stereocenters. The zero-order valence-electron chi connectivity index (χ0n) is 11.0. The van der Waals surface area contributed by atoms with Crippen molar-refractivity contribution in [2.45, 2.75) is 13.3 Å². The minimum atomic E-state index is -0.912. The minimum Gasteiger partial charge on any atom is -0.497 e. The molecule has 0 spiro atoms. The summed E-state index contributed by atoms with van der Waals surface area (Å²) in [5, 5.41) is 9.21. The largest absolute Gasteiger partial charge is 0.497 e. The number of benzene rings is 2. The third kappa shape index (κ3) is 3.13. The maximum Gasteiger partial charge on any atom is 0.335 e. The molecule has 0 aliphatic heterocycles. The predicted molar refractivity (Wildman–Crippen MR) is 73.9 cm³/mol. The highest BCUT2D eigenvalue weighted by Gasteiger charge is 2.11. The third-order valence-corrected chi connectivity index (χ3v) is 3.06. The van der Waals surface area contributed by atoms with E-state index in [2.05, 4.69) is 0 Å². The van der Waals surface area contributed by atoms with Gasteiger partial charge in [0.2, 0.25) is 0 Å². The summed E-state index contributed by atoms with van der Waals surface area (Å²) in [6, 6.07) is 13.1. The molecular weight excluding hydrogens is 240 g/mol. The van der Waals surface area contributed by atoms with Gasteiger partial charge in [-0.25, -0.2) is 4.79 Å². The van der Waals surface area contributed by atoms with E-state index >= 15 is 0 Å². The molecule has 0 saturated heterocycles. The fourth-order valence-corrected chi connectivity index (χ4v) is 1.98. The standard InChI is InChI=1S/C16H16O3/c1-11-3-5-12(6-4-11)9-13-10-14(19-2)7-8-15(13)16(17)18/h3-8,10H,9H2,1-2H3,(H,17,18). The van der Waals surface area contributed by atoms with Crippen LogP contribution in [0, 0.1) is 6.92 Å². The van der Waals surface area contributed by atoms with E-state index < -0.39 is 5.97 Å². The van der Waals surface area contributed by atoms with Crippen LogP contribution in [0.2, 0.25) is 0 Å². The van der Waals surface area contributed by atoms with Crippen LogP contribution in [0.5, 0.6) is 5.75 Å². The van der Waals surface area contributed by atoms with Crippen LogP contribution in [-0.4, -0.2) is 18.2 Å². The number of hydrogen-bond donors (Lipinski definition) is 1. The van der Waals surface area contributed by atoms with Crippen LogP contribution in [0.15, 0.2) is 42.5 Å². The zero-order chi connectivity index (χ0) is 13.8. The van der Waals surface area contributed by atoms with Gasteiger partial charge in [-0.05, 0) is 42.7 Å². The fraction of sp³-hybridized carbons (Fsp3) is 0.188. The first-order chi connectivity index (χ1) is 9.10. The predicted octanol–water partition coefficient (Wildman–Crippen LogP) is 3.29. The molecule has 2 aromatic rings. The Labute approximate surface area is 112 Å². The Kier molecular flexibility index (Phi) is 3.85. The van der Waals surface area contributed by atoms with Crippen molar-refractivity contribution < 1.29 is 14.6 Å². The van der Waals surface area contributed by atoms with Crippen LogP contribution in [0.25, 0.3) is 0 Å². The van der Waals surface area contributed by atoms with E-state index in [9.17, 15) is 9.90 Å². The lowest BCUT2D eigenvalue weighted by molar-refractivity contribution is 0.0696. The average molecular weight is 256 g/mol. The maximum atomic E-state index is 11.2. The van der Waals surface area contributed by atoms with Crippen LogP contribution < -0.4 is 4.74 Å². The molecule has 0 amide bonds. The van der Waals surface area contributed by atoms with Crippen molar-refractivity contribution in [1.29, 1.82) is 0 Å². The van der Waals surface area contributed by atoms with E-state index in [-0.39, 0.29) is 0 Å². The molecule has 0 aromatic heterocycles. The quantitative estimate of drug-likeness (QED) is 0.913. The number of methoxy groups -OCH3 is 1. The Hall–Kier alpha value is -2.29. The Morgan fingerprint density at radius 3 is 2.42 bits per heavy atom. The molecule has 98 valence electrons. The van der Waals surface area contributed by atoms with E-state index in [1.54, 1.807) is 25.3 Å². The zero-order valence-corrected chi connectivity index (χ0v) is 11.0. The summed E-state index contributed by atoms with van der Waals surface area (Å²) >= 11 is 0. The van der Waals surface area contributed by atoms with E-state index in [0.717, 1.165) is 11.1 Å². The van der Waals surface area contributed by atoms with Crippen molar-refractivity contribution in [2.24, 2.45) is 0 Å². The Bertz CT molecular complexity index is 585. The van der Waals surface area contributed by atoms with Crippen molar-refractivity contribution in [2.75, 3.05) is 7.11 Å². The number of ether oxygens (including phenoxy) is 1. The van der Waals surface area contributed by atoms with Crippen molar-refractivity contribution in [1.82, 2.24) is 0 Å². The summed E-state index contributed by atoms with van der Waals surface area (Å²) in [7, 11) is 1.57. The molecule has 1 N–H and O–H groups in total.